The van der Waals surface area contributed by atoms with E-state index in [1.165, 1.54) is 11.1 Å². The van der Waals surface area contributed by atoms with Crippen molar-refractivity contribution in [2.45, 2.75) is 46.0 Å². The Bertz CT molecular complexity index is 583. The molecule has 0 unspecified atom stereocenters. The van der Waals surface area contributed by atoms with Gasteiger partial charge in [0, 0.05) is 13.1 Å². The number of hydrogen-bond acceptors (Lipinski definition) is 4. The number of carbonyl (C=O) groups is 2. The monoisotopic (exact) mass is 360 g/mol. The highest BCUT2D eigenvalue weighted by Gasteiger charge is 2.27. The van der Waals surface area contributed by atoms with Crippen LogP contribution in [0.15, 0.2) is 24.3 Å². The minimum Gasteiger partial charge on any atom is -0.466 e. The lowest BCUT2D eigenvalue weighted by molar-refractivity contribution is -0.150. The van der Waals surface area contributed by atoms with E-state index in [1.807, 2.05) is 6.92 Å². The first-order chi connectivity index (χ1) is 12.5. The zero-order valence-electron chi connectivity index (χ0n) is 16.3. The van der Waals surface area contributed by atoms with Gasteiger partial charge in [0.05, 0.1) is 19.1 Å². The number of nitrogens with one attached hydrogen (secondary N) is 1. The highest BCUT2D eigenvalue weighted by atomic mass is 16.5. The average molecular weight is 360 g/mol. The van der Waals surface area contributed by atoms with Crippen LogP contribution >= 0.6 is 0 Å². The maximum atomic E-state index is 12.2. The van der Waals surface area contributed by atoms with Crippen molar-refractivity contribution >= 4 is 11.9 Å². The SMILES string of the molecule is CCOC(=O)[C@H]1CCCN(CC(=O)NCCc2ccc(C(C)C)cc2)C1. The third-order valence-electron chi connectivity index (χ3n) is 4.87. The van der Waals surface area contributed by atoms with Gasteiger partial charge in [0.15, 0.2) is 0 Å². The largest absolute Gasteiger partial charge is 0.466 e. The van der Waals surface area contributed by atoms with Crippen LogP contribution in [0.1, 0.15) is 50.7 Å². The normalized spacial score (nSPS) is 17.9. The molecule has 0 aromatic heterocycles. The van der Waals surface area contributed by atoms with Crippen LogP contribution in [0.5, 0.6) is 0 Å². The van der Waals surface area contributed by atoms with E-state index >= 15 is 0 Å². The summed E-state index contributed by atoms with van der Waals surface area (Å²) in [5.74, 6) is 0.318. The van der Waals surface area contributed by atoms with Crippen molar-refractivity contribution in [3.8, 4) is 0 Å². The number of rotatable bonds is 8. The summed E-state index contributed by atoms with van der Waals surface area (Å²) >= 11 is 0. The molecule has 2 rings (SSSR count). The van der Waals surface area contributed by atoms with Gasteiger partial charge in [-0.3, -0.25) is 14.5 Å². The van der Waals surface area contributed by atoms with Crippen molar-refractivity contribution in [2.75, 3.05) is 32.8 Å². The fourth-order valence-electron chi connectivity index (χ4n) is 3.33. The van der Waals surface area contributed by atoms with E-state index < -0.39 is 0 Å². The molecule has 1 aliphatic rings. The molecular formula is C21H32N2O3. The number of nitrogens with zero attached hydrogens (tertiary/aromatic N) is 1. The second-order valence-electron chi connectivity index (χ2n) is 7.32. The standard InChI is InChI=1S/C21H32N2O3/c1-4-26-21(25)19-6-5-13-23(14-19)15-20(24)22-12-11-17-7-9-18(10-8-17)16(2)3/h7-10,16,19H,4-6,11-15H2,1-3H3,(H,22,24)/t19-/m0/s1. The number of amides is 1. The minimum atomic E-state index is -0.137. The lowest BCUT2D eigenvalue weighted by Gasteiger charge is -2.30. The fraction of sp³-hybridized carbons (Fsp3) is 0.619. The molecule has 1 amide bonds. The molecule has 1 saturated heterocycles. The summed E-state index contributed by atoms with van der Waals surface area (Å²) in [4.78, 5) is 26.1. The van der Waals surface area contributed by atoms with E-state index in [4.69, 9.17) is 4.74 Å². The van der Waals surface area contributed by atoms with Gasteiger partial charge < -0.3 is 10.1 Å². The number of likely N-dealkylation sites (tertiary alicyclic amines) is 1. The molecule has 1 aliphatic heterocycles. The molecule has 144 valence electrons. The predicted molar refractivity (Wildman–Crippen MR) is 103 cm³/mol. The molecule has 0 spiro atoms. The molecule has 1 aromatic rings. The lowest BCUT2D eigenvalue weighted by Crippen LogP contribution is -2.44. The zero-order valence-corrected chi connectivity index (χ0v) is 16.3. The molecule has 1 N–H and O–H groups in total. The molecular weight excluding hydrogens is 328 g/mol. The maximum Gasteiger partial charge on any atom is 0.310 e. The second kappa shape index (κ2) is 10.3. The number of ether oxygens (including phenoxy) is 1. The molecule has 1 fully saturated rings. The van der Waals surface area contributed by atoms with Gasteiger partial charge in [-0.1, -0.05) is 38.1 Å². The summed E-state index contributed by atoms with van der Waals surface area (Å²) < 4.78 is 5.11. The molecule has 1 aromatic carbocycles. The summed E-state index contributed by atoms with van der Waals surface area (Å²) in [6.07, 6.45) is 2.61. The van der Waals surface area contributed by atoms with Crippen LogP contribution in [0.2, 0.25) is 0 Å². The van der Waals surface area contributed by atoms with E-state index in [9.17, 15) is 9.59 Å². The Hall–Kier alpha value is -1.88. The summed E-state index contributed by atoms with van der Waals surface area (Å²) in [6.45, 7) is 9.06. The molecule has 0 aliphatic carbocycles. The van der Waals surface area contributed by atoms with Gasteiger partial charge >= 0.3 is 5.97 Å². The molecule has 5 nitrogen and oxygen atoms in total. The van der Waals surface area contributed by atoms with E-state index in [0.717, 1.165) is 25.8 Å². The van der Waals surface area contributed by atoms with Crippen LogP contribution in [0, 0.1) is 5.92 Å². The molecule has 5 heteroatoms. The predicted octanol–water partition coefficient (Wildman–Crippen LogP) is 2.74. The van der Waals surface area contributed by atoms with Crippen LogP contribution in [-0.2, 0) is 20.7 Å². The van der Waals surface area contributed by atoms with Gasteiger partial charge in [0.2, 0.25) is 5.91 Å². The van der Waals surface area contributed by atoms with Gasteiger partial charge in [0.1, 0.15) is 0 Å². The van der Waals surface area contributed by atoms with Gasteiger partial charge in [-0.15, -0.1) is 0 Å². The quantitative estimate of drug-likeness (QED) is 0.724. The number of hydrogen-bond donors (Lipinski definition) is 1. The molecule has 0 radical (unpaired) electrons. The Kier molecular flexibility index (Phi) is 8.10. The van der Waals surface area contributed by atoms with Gasteiger partial charge in [0.25, 0.3) is 0 Å². The number of esters is 1. The highest BCUT2D eigenvalue weighted by Crippen LogP contribution is 2.17. The Balaban J connectivity index is 1.70. The Morgan fingerprint density at radius 1 is 1.27 bits per heavy atom. The fourth-order valence-corrected chi connectivity index (χ4v) is 3.33. The third kappa shape index (κ3) is 6.45. The lowest BCUT2D eigenvalue weighted by atomic mass is 9.98. The van der Waals surface area contributed by atoms with Crippen LogP contribution in [-0.4, -0.2) is 49.6 Å². The number of piperidine rings is 1. The Morgan fingerprint density at radius 2 is 2.00 bits per heavy atom. The van der Waals surface area contributed by atoms with Crippen LogP contribution in [0.4, 0.5) is 0 Å². The van der Waals surface area contributed by atoms with Crippen LogP contribution in [0.3, 0.4) is 0 Å². The van der Waals surface area contributed by atoms with Crippen molar-refractivity contribution < 1.29 is 14.3 Å². The van der Waals surface area contributed by atoms with Crippen molar-refractivity contribution in [3.63, 3.8) is 0 Å². The summed E-state index contributed by atoms with van der Waals surface area (Å²) in [7, 11) is 0. The minimum absolute atomic E-state index is 0.0216. The van der Waals surface area contributed by atoms with Gasteiger partial charge in [-0.2, -0.15) is 0 Å². The zero-order chi connectivity index (χ0) is 18.9. The first-order valence-electron chi connectivity index (χ1n) is 9.74. The van der Waals surface area contributed by atoms with Crippen molar-refractivity contribution in [1.82, 2.24) is 10.2 Å². The first-order valence-corrected chi connectivity index (χ1v) is 9.74. The van der Waals surface area contributed by atoms with Crippen LogP contribution < -0.4 is 5.32 Å². The Morgan fingerprint density at radius 3 is 2.65 bits per heavy atom. The maximum absolute atomic E-state index is 12.2. The summed E-state index contributed by atoms with van der Waals surface area (Å²) in [5.41, 5.74) is 2.56. The average Bonchev–Trinajstić information content (AvgIpc) is 2.62. The Labute approximate surface area is 157 Å². The summed E-state index contributed by atoms with van der Waals surface area (Å²) in [5, 5.41) is 2.99. The molecule has 0 saturated carbocycles. The van der Waals surface area contributed by atoms with Crippen molar-refractivity contribution in [1.29, 1.82) is 0 Å². The molecule has 26 heavy (non-hydrogen) atoms. The van der Waals surface area contributed by atoms with Gasteiger partial charge in [-0.05, 0) is 49.8 Å². The van der Waals surface area contributed by atoms with Gasteiger partial charge in [-0.25, -0.2) is 0 Å². The van der Waals surface area contributed by atoms with Crippen LogP contribution in [0.25, 0.3) is 0 Å². The smallest absolute Gasteiger partial charge is 0.310 e. The topological polar surface area (TPSA) is 58.6 Å². The molecule has 1 atom stereocenters. The number of benzene rings is 1. The highest BCUT2D eigenvalue weighted by molar-refractivity contribution is 5.78. The van der Waals surface area contributed by atoms with E-state index in [0.29, 0.717) is 32.2 Å². The third-order valence-corrected chi connectivity index (χ3v) is 4.87. The van der Waals surface area contributed by atoms with Crippen molar-refractivity contribution in [3.05, 3.63) is 35.4 Å². The second-order valence-corrected chi connectivity index (χ2v) is 7.32. The first kappa shape index (κ1) is 20.4. The van der Waals surface area contributed by atoms with Crippen molar-refractivity contribution in [2.24, 2.45) is 5.92 Å². The molecule has 1 heterocycles. The van der Waals surface area contributed by atoms with E-state index in [-0.39, 0.29) is 17.8 Å². The van der Waals surface area contributed by atoms with E-state index in [2.05, 4.69) is 48.3 Å². The van der Waals surface area contributed by atoms with E-state index in [1.54, 1.807) is 0 Å². The number of carbonyl (C=O) groups excluding carboxylic acids is 2. The summed E-state index contributed by atoms with van der Waals surface area (Å²) in [6, 6.07) is 8.59. The molecule has 0 bridgehead atoms.